The molecule has 2 aromatic rings. The molecule has 0 aromatic heterocycles. The van der Waals surface area contributed by atoms with Gasteiger partial charge in [0.1, 0.15) is 6.04 Å². The largest absolute Gasteiger partial charge is 0.351 e. The molecular weight excluding hydrogens is 582 g/mol. The molecule has 244 valence electrons. The highest BCUT2D eigenvalue weighted by atomic mass is 35.5. The second kappa shape index (κ2) is 14.7. The van der Waals surface area contributed by atoms with E-state index in [4.69, 9.17) is 11.6 Å². The summed E-state index contributed by atoms with van der Waals surface area (Å²) in [4.78, 5) is 43.4. The van der Waals surface area contributed by atoms with Gasteiger partial charge in [-0.05, 0) is 112 Å². The maximum atomic E-state index is 14.3. The molecule has 3 amide bonds. The smallest absolute Gasteiger partial charge is 0.245 e. The van der Waals surface area contributed by atoms with Gasteiger partial charge >= 0.3 is 0 Å². The topological polar surface area (TPSA) is 78.5 Å². The minimum absolute atomic E-state index is 0.0203. The number of carbonyl (C=O) groups is 3. The second-order valence-electron chi connectivity index (χ2n) is 15.0. The lowest BCUT2D eigenvalue weighted by molar-refractivity contribution is -0.137. The monoisotopic (exact) mass is 633 g/mol. The average Bonchev–Trinajstić information content (AvgIpc) is 3.24. The Balaban J connectivity index is 1.32. The van der Waals surface area contributed by atoms with Gasteiger partial charge in [-0.1, -0.05) is 67.3 Å². The summed E-state index contributed by atoms with van der Waals surface area (Å²) in [6.07, 6.45) is 12.0. The molecule has 3 atom stereocenters. The van der Waals surface area contributed by atoms with Gasteiger partial charge in [0, 0.05) is 42.4 Å². The number of aryl methyl sites for hydroxylation is 1. The van der Waals surface area contributed by atoms with E-state index in [1.165, 1.54) is 30.4 Å². The molecular formula is C38H52ClN3O3. The van der Waals surface area contributed by atoms with E-state index in [1.807, 2.05) is 56.0 Å². The van der Waals surface area contributed by atoms with E-state index < -0.39 is 6.04 Å². The number of hydrogen-bond acceptors (Lipinski definition) is 3. The molecule has 7 heteroatoms. The zero-order chi connectivity index (χ0) is 32.0. The van der Waals surface area contributed by atoms with Crippen molar-refractivity contribution in [3.8, 4) is 0 Å². The molecule has 5 rings (SSSR count). The molecule has 2 aromatic carbocycles. The van der Waals surface area contributed by atoms with Gasteiger partial charge in [0.25, 0.3) is 0 Å². The normalized spacial score (nSPS) is 23.4. The summed E-state index contributed by atoms with van der Waals surface area (Å²) in [7, 11) is 0. The van der Waals surface area contributed by atoms with Gasteiger partial charge < -0.3 is 15.5 Å². The van der Waals surface area contributed by atoms with Crippen molar-refractivity contribution in [2.24, 2.45) is 17.3 Å². The summed E-state index contributed by atoms with van der Waals surface area (Å²) in [5.41, 5.74) is 3.14. The summed E-state index contributed by atoms with van der Waals surface area (Å²) < 4.78 is 0. The van der Waals surface area contributed by atoms with Crippen LogP contribution in [0.5, 0.6) is 0 Å². The Bertz CT molecular complexity index is 1330. The van der Waals surface area contributed by atoms with Crippen LogP contribution < -0.4 is 10.6 Å². The summed E-state index contributed by atoms with van der Waals surface area (Å²) in [5, 5.41) is 7.08. The molecule has 0 bridgehead atoms. The van der Waals surface area contributed by atoms with Gasteiger partial charge in [-0.15, -0.1) is 0 Å². The van der Waals surface area contributed by atoms with Gasteiger partial charge in [0.15, 0.2) is 0 Å². The summed E-state index contributed by atoms with van der Waals surface area (Å²) >= 11 is 6.17. The predicted molar refractivity (Wildman–Crippen MR) is 181 cm³/mol. The van der Waals surface area contributed by atoms with Crippen molar-refractivity contribution in [3.63, 3.8) is 0 Å². The van der Waals surface area contributed by atoms with E-state index in [1.54, 1.807) is 0 Å². The molecule has 3 aliphatic rings. The molecule has 6 nitrogen and oxygen atoms in total. The lowest BCUT2D eigenvalue weighted by Gasteiger charge is -2.43. The van der Waals surface area contributed by atoms with Gasteiger partial charge in [-0.2, -0.15) is 0 Å². The van der Waals surface area contributed by atoms with Crippen molar-refractivity contribution in [3.05, 3.63) is 70.2 Å². The van der Waals surface area contributed by atoms with Crippen molar-refractivity contribution in [2.45, 2.75) is 116 Å². The quantitative estimate of drug-likeness (QED) is 0.327. The molecule has 1 saturated carbocycles. The molecule has 1 saturated heterocycles. The third kappa shape index (κ3) is 8.90. The second-order valence-corrected chi connectivity index (χ2v) is 15.4. The maximum Gasteiger partial charge on any atom is 0.245 e. The number of rotatable bonds is 8. The Morgan fingerprint density at radius 2 is 1.62 bits per heavy atom. The fourth-order valence-corrected chi connectivity index (χ4v) is 8.28. The minimum atomic E-state index is -0.651. The Hall–Kier alpha value is -2.86. The Labute approximate surface area is 275 Å². The fraction of sp³-hybridized carbons (Fsp3) is 0.605. The van der Waals surface area contributed by atoms with Crippen LogP contribution in [0, 0.1) is 17.3 Å². The number of carbonyl (C=O) groups excluding carboxylic acids is 3. The van der Waals surface area contributed by atoms with Gasteiger partial charge in [-0.25, -0.2) is 0 Å². The highest BCUT2D eigenvalue weighted by molar-refractivity contribution is 6.30. The van der Waals surface area contributed by atoms with E-state index in [9.17, 15) is 14.4 Å². The Kier molecular flexibility index (Phi) is 10.9. The highest BCUT2D eigenvalue weighted by Crippen LogP contribution is 2.48. The molecule has 1 heterocycles. The molecule has 1 aliphatic heterocycles. The maximum absolute atomic E-state index is 14.3. The van der Waals surface area contributed by atoms with Crippen LogP contribution in [-0.2, 0) is 33.6 Å². The standard InChI is InChI=1S/C38H52ClN3O3/c1-37(2,3)41-34(43)26-38(31-12-5-4-6-13-31)20-9-22-42(23-21-38)36(45)33(24-27-14-18-32(39)19-15-27)40-35(44)30-17-16-28-10-7-8-11-29(28)25-30/h7-8,10-11,14-15,18-19,30-31,33H,4-6,9,12-13,16-17,20-26H2,1-3H3,(H,40,44)(H,41,43)/t30-,33+,38?/m0/s1. The first-order valence-corrected chi connectivity index (χ1v) is 17.6. The molecule has 0 spiro atoms. The number of nitrogens with one attached hydrogen (secondary N) is 2. The lowest BCUT2D eigenvalue weighted by atomic mass is 9.63. The first kappa shape index (κ1) is 33.5. The van der Waals surface area contributed by atoms with E-state index in [-0.39, 0.29) is 34.6 Å². The third-order valence-electron chi connectivity index (χ3n) is 10.5. The van der Waals surface area contributed by atoms with Gasteiger partial charge in [0.2, 0.25) is 17.7 Å². The summed E-state index contributed by atoms with van der Waals surface area (Å²) in [6, 6.07) is 15.3. The minimum Gasteiger partial charge on any atom is -0.351 e. The van der Waals surface area contributed by atoms with Crippen molar-refractivity contribution in [2.75, 3.05) is 13.1 Å². The molecule has 0 radical (unpaired) electrons. The molecule has 45 heavy (non-hydrogen) atoms. The van der Waals surface area contributed by atoms with Crippen LogP contribution in [0.4, 0.5) is 0 Å². The number of likely N-dealkylation sites (tertiary alicyclic amines) is 1. The van der Waals surface area contributed by atoms with Crippen LogP contribution >= 0.6 is 11.6 Å². The number of hydrogen-bond donors (Lipinski definition) is 2. The lowest BCUT2D eigenvalue weighted by Crippen LogP contribution is -2.52. The third-order valence-corrected chi connectivity index (χ3v) is 10.7. The number of fused-ring (bicyclic) bond motifs is 1. The first-order chi connectivity index (χ1) is 21.5. The van der Waals surface area contributed by atoms with Crippen LogP contribution in [0.1, 0.15) is 102 Å². The molecule has 2 fully saturated rings. The molecule has 2 aliphatic carbocycles. The Morgan fingerprint density at radius 3 is 2.33 bits per heavy atom. The van der Waals surface area contributed by atoms with Gasteiger partial charge in [-0.3, -0.25) is 14.4 Å². The van der Waals surface area contributed by atoms with Crippen molar-refractivity contribution < 1.29 is 14.4 Å². The zero-order valence-corrected chi connectivity index (χ0v) is 28.3. The van der Waals surface area contributed by atoms with E-state index in [2.05, 4.69) is 28.8 Å². The van der Waals surface area contributed by atoms with E-state index in [0.717, 1.165) is 50.5 Å². The number of halogens is 1. The van der Waals surface area contributed by atoms with Crippen molar-refractivity contribution >= 4 is 29.3 Å². The number of nitrogens with zero attached hydrogens (tertiary/aromatic N) is 1. The van der Waals surface area contributed by atoms with Crippen molar-refractivity contribution in [1.82, 2.24) is 15.5 Å². The van der Waals surface area contributed by atoms with Crippen LogP contribution in [0.15, 0.2) is 48.5 Å². The first-order valence-electron chi connectivity index (χ1n) is 17.2. The molecule has 1 unspecified atom stereocenters. The van der Waals surface area contributed by atoms with E-state index in [0.29, 0.717) is 43.3 Å². The van der Waals surface area contributed by atoms with Crippen LogP contribution in [0.25, 0.3) is 0 Å². The molecule has 2 N–H and O–H groups in total. The average molecular weight is 634 g/mol. The zero-order valence-electron chi connectivity index (χ0n) is 27.5. The van der Waals surface area contributed by atoms with Crippen LogP contribution in [0.3, 0.4) is 0 Å². The SMILES string of the molecule is CC(C)(C)NC(=O)CC1(C2CCCCC2)CCCN(C(=O)[C@@H](Cc2ccc(Cl)cc2)NC(=O)[C@H]2CCc3ccccc3C2)CC1. The number of amides is 3. The van der Waals surface area contributed by atoms with Crippen LogP contribution in [-0.4, -0.2) is 47.3 Å². The van der Waals surface area contributed by atoms with Crippen molar-refractivity contribution in [1.29, 1.82) is 0 Å². The summed E-state index contributed by atoms with van der Waals surface area (Å²) in [5.74, 6) is 0.417. The van der Waals surface area contributed by atoms with Gasteiger partial charge in [0.05, 0.1) is 0 Å². The van der Waals surface area contributed by atoms with E-state index >= 15 is 0 Å². The highest BCUT2D eigenvalue weighted by Gasteiger charge is 2.43. The Morgan fingerprint density at radius 1 is 0.911 bits per heavy atom. The summed E-state index contributed by atoms with van der Waals surface area (Å²) in [6.45, 7) is 7.37. The fourth-order valence-electron chi connectivity index (χ4n) is 8.15. The number of benzene rings is 2. The van der Waals surface area contributed by atoms with Crippen LogP contribution in [0.2, 0.25) is 5.02 Å². The predicted octanol–water partition coefficient (Wildman–Crippen LogP) is 7.06.